The zero-order valence-electron chi connectivity index (χ0n) is 20.6. The van der Waals surface area contributed by atoms with Gasteiger partial charge in [-0.1, -0.05) is 48.5 Å². The topological polar surface area (TPSA) is 111 Å². The molecule has 5 aromatic rings. The molecule has 9 nitrogen and oxygen atoms in total. The van der Waals surface area contributed by atoms with E-state index >= 15 is 0 Å². The van der Waals surface area contributed by atoms with Crippen LogP contribution in [0.4, 0.5) is 5.69 Å². The molecule has 3 aromatic carbocycles. The van der Waals surface area contributed by atoms with Crippen LogP contribution in [0.1, 0.15) is 23.0 Å². The molecule has 9 heteroatoms. The molecule has 2 heterocycles. The maximum Gasteiger partial charge on any atom is 0.339 e. The summed E-state index contributed by atoms with van der Waals surface area (Å²) in [5, 5.41) is 2.64. The van der Waals surface area contributed by atoms with Crippen molar-refractivity contribution in [3.63, 3.8) is 0 Å². The third kappa shape index (κ3) is 4.42. The Labute approximate surface area is 212 Å². The maximum atomic E-state index is 13.1. The Morgan fingerprint density at radius 3 is 2.41 bits per heavy atom. The zero-order chi connectivity index (χ0) is 26.1. The van der Waals surface area contributed by atoms with Gasteiger partial charge in [0.05, 0.1) is 28.0 Å². The van der Waals surface area contributed by atoms with Gasteiger partial charge in [0.15, 0.2) is 6.10 Å². The van der Waals surface area contributed by atoms with Crippen molar-refractivity contribution in [2.75, 3.05) is 5.32 Å². The number of carbonyl (C=O) groups excluding carboxylic acids is 2. The second-order valence-corrected chi connectivity index (χ2v) is 8.62. The number of para-hydroxylation sites is 3. The Bertz CT molecular complexity index is 1650. The first-order chi connectivity index (χ1) is 17.8. The van der Waals surface area contributed by atoms with E-state index in [-0.39, 0.29) is 16.8 Å². The smallest absolute Gasteiger partial charge is 0.339 e. The molecule has 186 valence electrons. The van der Waals surface area contributed by atoms with Gasteiger partial charge < -0.3 is 15.0 Å². The van der Waals surface area contributed by atoms with Crippen LogP contribution in [-0.2, 0) is 16.6 Å². The molecule has 0 bridgehead atoms. The van der Waals surface area contributed by atoms with E-state index in [2.05, 4.69) is 15.3 Å². The molecule has 0 aliphatic heterocycles. The van der Waals surface area contributed by atoms with E-state index in [0.29, 0.717) is 22.8 Å². The molecule has 1 amide bonds. The first kappa shape index (κ1) is 23.8. The zero-order valence-corrected chi connectivity index (χ0v) is 20.6. The molecule has 0 radical (unpaired) electrons. The fraction of sp³-hybridized carbons (Fsp3) is 0.143. The lowest BCUT2D eigenvalue weighted by Gasteiger charge is -2.14. The van der Waals surface area contributed by atoms with Crippen LogP contribution in [0.5, 0.6) is 0 Å². The monoisotopic (exact) mass is 495 g/mol. The first-order valence-electron chi connectivity index (χ1n) is 11.7. The molecular formula is C28H25N5O4. The van der Waals surface area contributed by atoms with Gasteiger partial charge in [0.25, 0.3) is 11.5 Å². The summed E-state index contributed by atoms with van der Waals surface area (Å²) in [6.07, 6.45) is -1.15. The van der Waals surface area contributed by atoms with Crippen LogP contribution in [0.2, 0.25) is 0 Å². The predicted molar refractivity (Wildman–Crippen MR) is 141 cm³/mol. The van der Waals surface area contributed by atoms with Crippen LogP contribution < -0.4 is 10.9 Å². The van der Waals surface area contributed by atoms with E-state index in [1.807, 2.05) is 42.5 Å². The number of aromatic nitrogens is 4. The number of hydrogen-bond donors (Lipinski definition) is 2. The van der Waals surface area contributed by atoms with Crippen molar-refractivity contribution in [2.24, 2.45) is 7.05 Å². The van der Waals surface area contributed by atoms with Crippen LogP contribution >= 0.6 is 0 Å². The highest BCUT2D eigenvalue weighted by Crippen LogP contribution is 2.25. The van der Waals surface area contributed by atoms with E-state index in [1.165, 1.54) is 11.6 Å². The maximum absolute atomic E-state index is 13.1. The summed E-state index contributed by atoms with van der Waals surface area (Å²) in [6, 6.07) is 23.6. The predicted octanol–water partition coefficient (Wildman–Crippen LogP) is 4.21. The summed E-state index contributed by atoms with van der Waals surface area (Å²) in [4.78, 5) is 46.9. The van der Waals surface area contributed by atoms with Gasteiger partial charge >= 0.3 is 5.97 Å². The quantitative estimate of drug-likeness (QED) is 0.343. The number of rotatable bonds is 6. The Hall–Kier alpha value is -4.92. The summed E-state index contributed by atoms with van der Waals surface area (Å²) >= 11 is 0. The number of esters is 1. The van der Waals surface area contributed by atoms with Crippen molar-refractivity contribution in [3.05, 3.63) is 100 Å². The molecule has 1 unspecified atom stereocenters. The third-order valence-corrected chi connectivity index (χ3v) is 6.25. The number of imidazole rings is 1. The highest BCUT2D eigenvalue weighted by molar-refractivity contribution is 6.00. The summed E-state index contributed by atoms with van der Waals surface area (Å²) in [5.41, 5.74) is 3.41. The van der Waals surface area contributed by atoms with Crippen molar-refractivity contribution in [2.45, 2.75) is 20.0 Å². The van der Waals surface area contributed by atoms with E-state index in [9.17, 15) is 14.4 Å². The van der Waals surface area contributed by atoms with E-state index < -0.39 is 18.0 Å². The second kappa shape index (κ2) is 9.62. The standard InChI is InChI=1S/C28H25N5O4/c1-17-24(27(35)33(32(17)3)19-11-5-4-6-12-19)31-26(34)18(2)37-28(36)21-14-8-7-13-20(21)25-29-22-15-9-10-16-23(22)30-25/h4-16,18H,1-3H3,(H,29,30)(H,31,34). The number of carbonyl (C=O) groups is 2. The number of ether oxygens (including phenoxy) is 1. The van der Waals surface area contributed by atoms with Gasteiger partial charge in [0.1, 0.15) is 11.5 Å². The van der Waals surface area contributed by atoms with Crippen molar-refractivity contribution in [1.29, 1.82) is 0 Å². The molecule has 0 fully saturated rings. The van der Waals surface area contributed by atoms with Gasteiger partial charge in [-0.3, -0.25) is 14.3 Å². The lowest BCUT2D eigenvalue weighted by atomic mass is 10.1. The molecule has 0 aliphatic carbocycles. The number of fused-ring (bicyclic) bond motifs is 1. The van der Waals surface area contributed by atoms with Crippen LogP contribution in [0, 0.1) is 6.92 Å². The summed E-state index contributed by atoms with van der Waals surface area (Å²) in [7, 11) is 1.73. The van der Waals surface area contributed by atoms with Crippen molar-refractivity contribution < 1.29 is 14.3 Å². The van der Waals surface area contributed by atoms with Gasteiger partial charge in [-0.15, -0.1) is 0 Å². The molecule has 0 saturated carbocycles. The molecule has 0 aliphatic rings. The van der Waals surface area contributed by atoms with Crippen LogP contribution in [0.25, 0.3) is 28.1 Å². The molecule has 2 aromatic heterocycles. The summed E-state index contributed by atoms with van der Waals surface area (Å²) < 4.78 is 8.62. The Kier molecular flexibility index (Phi) is 6.19. The highest BCUT2D eigenvalue weighted by Gasteiger charge is 2.25. The minimum absolute atomic E-state index is 0.127. The first-order valence-corrected chi connectivity index (χ1v) is 11.7. The average Bonchev–Trinajstić information content (AvgIpc) is 3.44. The number of benzene rings is 3. The molecule has 37 heavy (non-hydrogen) atoms. The lowest BCUT2D eigenvalue weighted by Crippen LogP contribution is -2.32. The van der Waals surface area contributed by atoms with E-state index in [4.69, 9.17) is 4.74 Å². The van der Waals surface area contributed by atoms with Gasteiger partial charge in [-0.05, 0) is 44.2 Å². The van der Waals surface area contributed by atoms with Gasteiger partial charge in [0, 0.05) is 12.6 Å². The van der Waals surface area contributed by atoms with Gasteiger partial charge in [-0.2, -0.15) is 0 Å². The average molecular weight is 496 g/mol. The number of nitrogens with zero attached hydrogens (tertiary/aromatic N) is 3. The summed E-state index contributed by atoms with van der Waals surface area (Å²) in [5.74, 6) is -0.766. The van der Waals surface area contributed by atoms with Gasteiger partial charge in [0.2, 0.25) is 0 Å². The number of hydrogen-bond acceptors (Lipinski definition) is 5. The number of nitrogens with one attached hydrogen (secondary N) is 2. The normalized spacial score (nSPS) is 11.9. The Balaban J connectivity index is 1.36. The largest absolute Gasteiger partial charge is 0.449 e. The molecule has 5 rings (SSSR count). The van der Waals surface area contributed by atoms with Crippen molar-refractivity contribution in [1.82, 2.24) is 19.3 Å². The lowest BCUT2D eigenvalue weighted by molar-refractivity contribution is -0.123. The van der Waals surface area contributed by atoms with E-state index in [1.54, 1.807) is 55.1 Å². The molecule has 1 atom stereocenters. The van der Waals surface area contributed by atoms with E-state index in [0.717, 1.165) is 11.0 Å². The minimum atomic E-state index is -1.15. The Morgan fingerprint density at radius 2 is 1.65 bits per heavy atom. The molecule has 0 spiro atoms. The fourth-order valence-corrected chi connectivity index (χ4v) is 4.16. The minimum Gasteiger partial charge on any atom is -0.449 e. The van der Waals surface area contributed by atoms with Crippen molar-refractivity contribution in [3.8, 4) is 17.1 Å². The van der Waals surface area contributed by atoms with Gasteiger partial charge in [-0.25, -0.2) is 14.5 Å². The summed E-state index contributed by atoms with van der Waals surface area (Å²) in [6.45, 7) is 3.20. The molecule has 0 saturated heterocycles. The van der Waals surface area contributed by atoms with Crippen molar-refractivity contribution >= 4 is 28.6 Å². The number of amides is 1. The molecular weight excluding hydrogens is 470 g/mol. The van der Waals surface area contributed by atoms with Crippen LogP contribution in [-0.4, -0.2) is 37.3 Å². The SMILES string of the molecule is Cc1c(NC(=O)C(C)OC(=O)c2ccccc2-c2nc3ccccc3[nH]2)c(=O)n(-c2ccccc2)n1C. The second-order valence-electron chi connectivity index (χ2n) is 8.62. The number of anilines is 1. The van der Waals surface area contributed by atoms with Crippen LogP contribution in [0.3, 0.4) is 0 Å². The van der Waals surface area contributed by atoms with Crippen LogP contribution in [0.15, 0.2) is 83.7 Å². The Morgan fingerprint density at radius 1 is 0.973 bits per heavy atom. The third-order valence-electron chi connectivity index (χ3n) is 6.25. The fourth-order valence-electron chi connectivity index (χ4n) is 4.16. The number of aromatic amines is 1. The number of H-pyrrole nitrogens is 1. The molecule has 2 N–H and O–H groups in total. The highest BCUT2D eigenvalue weighted by atomic mass is 16.5.